The molecule has 2 atom stereocenters. The van der Waals surface area contributed by atoms with Crippen LogP contribution in [0.15, 0.2) is 30.3 Å². The zero-order valence-corrected chi connectivity index (χ0v) is 19.7. The summed E-state index contributed by atoms with van der Waals surface area (Å²) in [5.74, 6) is 2.29. The number of aryl methyl sites for hydroxylation is 1. The van der Waals surface area contributed by atoms with Crippen molar-refractivity contribution in [2.24, 2.45) is 0 Å². The van der Waals surface area contributed by atoms with Crippen LogP contribution < -0.4 is 15.2 Å². The minimum Gasteiger partial charge on any atom is -0.363 e. The lowest BCUT2D eigenvalue weighted by Gasteiger charge is -2.24. The number of aromatic nitrogens is 3. The van der Waals surface area contributed by atoms with Gasteiger partial charge in [0.2, 0.25) is 0 Å². The van der Waals surface area contributed by atoms with Crippen LogP contribution in [0.2, 0.25) is 0 Å². The summed E-state index contributed by atoms with van der Waals surface area (Å²) >= 11 is 0. The molecule has 3 aromatic rings. The summed E-state index contributed by atoms with van der Waals surface area (Å²) in [5, 5.41) is 11.2. The van der Waals surface area contributed by atoms with Crippen molar-refractivity contribution < 1.29 is 0 Å². The number of hydrogen-bond acceptors (Lipinski definition) is 6. The molecule has 0 bridgehead atoms. The number of benzene rings is 1. The number of hydrogen-bond donors (Lipinski definition) is 0. The summed E-state index contributed by atoms with van der Waals surface area (Å²) in [6.45, 7) is 4.07. The lowest BCUT2D eigenvalue weighted by molar-refractivity contribution is 0.584. The Kier molecular flexibility index (Phi) is 6.24. The van der Waals surface area contributed by atoms with Crippen molar-refractivity contribution in [2.45, 2.75) is 32.1 Å². The molecule has 0 aliphatic carbocycles. The van der Waals surface area contributed by atoms with E-state index in [1.54, 1.807) is 0 Å². The molecule has 156 valence electrons. The Bertz CT molecular complexity index is 1090. The van der Waals surface area contributed by atoms with E-state index in [-0.39, 0.29) is 0 Å². The Labute approximate surface area is 181 Å². The topological polar surface area (TPSA) is 68.9 Å². The van der Waals surface area contributed by atoms with Crippen LogP contribution in [-0.2, 0) is 18.3 Å². The third-order valence-electron chi connectivity index (χ3n) is 5.37. The van der Waals surface area contributed by atoms with E-state index in [1.807, 2.05) is 63.1 Å². The van der Waals surface area contributed by atoms with Crippen molar-refractivity contribution in [3.8, 4) is 6.07 Å². The Morgan fingerprint density at radius 1 is 1.00 bits per heavy atom. The molecule has 2 heterocycles. The highest BCUT2D eigenvalue weighted by atomic mass is 31.0. The predicted octanol–water partition coefficient (Wildman–Crippen LogP) is 3.24. The van der Waals surface area contributed by atoms with E-state index in [2.05, 4.69) is 34.4 Å². The largest absolute Gasteiger partial charge is 0.363 e. The Hall–Kier alpha value is -2.77. The van der Waals surface area contributed by atoms with Crippen molar-refractivity contribution in [3.05, 3.63) is 47.3 Å². The monoisotopic (exact) mass is 420 g/mol. The highest BCUT2D eigenvalue weighted by Gasteiger charge is 2.29. The van der Waals surface area contributed by atoms with Gasteiger partial charge >= 0.3 is 0 Å². The van der Waals surface area contributed by atoms with E-state index in [0.717, 1.165) is 40.0 Å². The van der Waals surface area contributed by atoms with Gasteiger partial charge in [-0.05, 0) is 36.6 Å². The molecule has 6 nitrogen and oxygen atoms in total. The molecule has 0 aliphatic heterocycles. The minimum absolute atomic E-state index is 0.415. The molecule has 2 unspecified atom stereocenters. The normalized spacial score (nSPS) is 13.0. The number of nitrogens with zero attached hydrogens (tertiary/aromatic N) is 6. The predicted molar refractivity (Wildman–Crippen MR) is 128 cm³/mol. The lowest BCUT2D eigenvalue weighted by Crippen LogP contribution is -2.26. The zero-order chi connectivity index (χ0) is 22.1. The number of fused-ring (bicyclic) bond motifs is 1. The molecule has 0 spiro atoms. The van der Waals surface area contributed by atoms with Gasteiger partial charge in [-0.25, -0.2) is 15.0 Å². The smallest absolute Gasteiger partial charge is 0.135 e. The van der Waals surface area contributed by atoms with E-state index < -0.39 is 5.41 Å². The van der Waals surface area contributed by atoms with Crippen molar-refractivity contribution >= 4 is 37.2 Å². The first-order chi connectivity index (χ1) is 14.2. The zero-order valence-electron chi connectivity index (χ0n) is 18.6. The van der Waals surface area contributed by atoms with Gasteiger partial charge in [0.15, 0.2) is 0 Å². The van der Waals surface area contributed by atoms with Crippen molar-refractivity contribution in [3.63, 3.8) is 0 Å². The van der Waals surface area contributed by atoms with Gasteiger partial charge in [0.1, 0.15) is 17.5 Å². The molecule has 0 aliphatic rings. The number of pyridine rings is 1. The second-order valence-electron chi connectivity index (χ2n) is 8.20. The van der Waals surface area contributed by atoms with Crippen LogP contribution in [0.5, 0.6) is 0 Å². The van der Waals surface area contributed by atoms with Crippen LogP contribution in [0.25, 0.3) is 10.9 Å². The fourth-order valence-corrected chi connectivity index (χ4v) is 3.81. The quantitative estimate of drug-likeness (QED) is 0.571. The second-order valence-corrected chi connectivity index (χ2v) is 8.75. The van der Waals surface area contributed by atoms with Crippen LogP contribution in [-0.4, -0.2) is 43.1 Å². The SMILES string of the molecule is CCc1cc2ccc(C(C)(C#N)Cc3nc(N(C)C)cc(N(C)C)n3)cc2nc1P. The van der Waals surface area contributed by atoms with Gasteiger partial charge < -0.3 is 9.80 Å². The van der Waals surface area contributed by atoms with Crippen LogP contribution in [0.4, 0.5) is 11.6 Å². The summed E-state index contributed by atoms with van der Waals surface area (Å²) in [4.78, 5) is 18.0. The van der Waals surface area contributed by atoms with Crippen LogP contribution in [0.3, 0.4) is 0 Å². The molecule has 0 radical (unpaired) electrons. The van der Waals surface area contributed by atoms with Gasteiger partial charge in [-0.2, -0.15) is 5.26 Å². The molecule has 7 heteroatoms. The first-order valence-corrected chi connectivity index (χ1v) is 10.6. The maximum absolute atomic E-state index is 10.1. The lowest BCUT2D eigenvalue weighted by atomic mass is 9.80. The van der Waals surface area contributed by atoms with E-state index in [9.17, 15) is 5.26 Å². The fourth-order valence-electron chi connectivity index (χ4n) is 3.38. The molecule has 30 heavy (non-hydrogen) atoms. The molecule has 0 saturated heterocycles. The van der Waals surface area contributed by atoms with Gasteiger partial charge in [-0.3, -0.25) is 0 Å². The number of nitriles is 1. The van der Waals surface area contributed by atoms with Gasteiger partial charge in [-0.15, -0.1) is 0 Å². The molecule has 1 aromatic carbocycles. The maximum atomic E-state index is 10.1. The third-order valence-corrected chi connectivity index (χ3v) is 5.87. The third kappa shape index (κ3) is 4.37. The fraction of sp³-hybridized carbons (Fsp3) is 0.391. The Morgan fingerprint density at radius 3 is 2.17 bits per heavy atom. The molecule has 2 aromatic heterocycles. The molecule has 3 rings (SSSR count). The second kappa shape index (κ2) is 8.53. The van der Waals surface area contributed by atoms with E-state index >= 15 is 0 Å². The minimum atomic E-state index is -0.769. The summed E-state index contributed by atoms with van der Waals surface area (Å²) < 4.78 is 0. The molecule has 0 fully saturated rings. The van der Waals surface area contributed by atoms with Gasteiger partial charge in [0.05, 0.1) is 22.4 Å². The van der Waals surface area contributed by atoms with E-state index in [4.69, 9.17) is 15.0 Å². The molecule has 0 N–H and O–H groups in total. The van der Waals surface area contributed by atoms with Crippen molar-refractivity contribution in [1.82, 2.24) is 15.0 Å². The van der Waals surface area contributed by atoms with E-state index in [0.29, 0.717) is 12.2 Å². The summed E-state index contributed by atoms with van der Waals surface area (Å²) in [6.07, 6.45) is 1.35. The maximum Gasteiger partial charge on any atom is 0.135 e. The molecule has 0 saturated carbocycles. The standard InChI is InChI=1S/C23H29N6P/c1-7-15-10-16-8-9-17(11-18(16)25-22(15)30)23(2,14-24)13-19-26-20(28(3)4)12-21(27-19)29(5)6/h8-12H,7,13,30H2,1-6H3. The van der Waals surface area contributed by atoms with Crippen LogP contribution in [0.1, 0.15) is 30.8 Å². The summed E-state index contributed by atoms with van der Waals surface area (Å²) in [6, 6.07) is 12.7. The summed E-state index contributed by atoms with van der Waals surface area (Å²) in [7, 11) is 10.5. The average Bonchev–Trinajstić information content (AvgIpc) is 2.72. The summed E-state index contributed by atoms with van der Waals surface area (Å²) in [5.41, 5.74) is 3.22. The molecular formula is C23H29N6P. The van der Waals surface area contributed by atoms with Gasteiger partial charge in [0, 0.05) is 46.1 Å². The average molecular weight is 421 g/mol. The van der Waals surface area contributed by atoms with Crippen molar-refractivity contribution in [2.75, 3.05) is 38.0 Å². The van der Waals surface area contributed by atoms with Gasteiger partial charge in [0.25, 0.3) is 0 Å². The molecular weight excluding hydrogens is 391 g/mol. The van der Waals surface area contributed by atoms with Crippen molar-refractivity contribution in [1.29, 1.82) is 5.26 Å². The number of rotatable bonds is 6. The Morgan fingerprint density at radius 2 is 1.63 bits per heavy atom. The Balaban J connectivity index is 2.05. The highest BCUT2D eigenvalue weighted by Crippen LogP contribution is 2.30. The molecule has 0 amide bonds. The van der Waals surface area contributed by atoms with Gasteiger partial charge in [-0.1, -0.05) is 28.3 Å². The first-order valence-electron chi connectivity index (χ1n) is 10.0. The first kappa shape index (κ1) is 21.9. The van der Waals surface area contributed by atoms with E-state index in [1.165, 1.54) is 5.56 Å². The highest BCUT2D eigenvalue weighted by molar-refractivity contribution is 7.27. The van der Waals surface area contributed by atoms with Crippen LogP contribution >= 0.6 is 9.24 Å². The number of anilines is 2. The van der Waals surface area contributed by atoms with Crippen LogP contribution in [0, 0.1) is 11.3 Å².